The van der Waals surface area contributed by atoms with Crippen LogP contribution in [0, 0.1) is 5.92 Å². The number of nitrogens with zero attached hydrogens (tertiary/aromatic N) is 6. The maximum Gasteiger partial charge on any atom is 0.416 e. The molecule has 6 rings (SSSR count). The number of hydrogen-bond donors (Lipinski definition) is 1. The minimum Gasteiger partial charge on any atom is -0.497 e. The van der Waals surface area contributed by atoms with E-state index in [1.54, 1.807) is 61.9 Å². The average Bonchev–Trinajstić information content (AvgIpc) is 3.14. The van der Waals surface area contributed by atoms with E-state index < -0.39 is 41.6 Å². The number of carbonyl (C=O) groups excluding carboxylic acids is 4. The molecule has 3 aliphatic heterocycles. The molecule has 1 unspecified atom stereocenters. The highest BCUT2D eigenvalue weighted by atomic mass is 16.6. The SMILES string of the molecule is COc1ccc(CN(C(=O)OC(C)(C)C)c2cc(C[C@H]3C(=O)N(C(=O)N4CCCC(c5cccc(N6CCN(C)CC6=O)c5)C4)[C@@H]3C(=O)O)ccn2)cc1. The van der Waals surface area contributed by atoms with Gasteiger partial charge >= 0.3 is 18.1 Å². The van der Waals surface area contributed by atoms with Crippen molar-refractivity contribution in [1.29, 1.82) is 0 Å². The number of piperidine rings is 1. The number of piperazine rings is 1. The van der Waals surface area contributed by atoms with Gasteiger partial charge in [-0.2, -0.15) is 0 Å². The topological polar surface area (TPSA) is 153 Å². The van der Waals surface area contributed by atoms with Crippen LogP contribution in [0.2, 0.25) is 0 Å². The number of carboxylic acid groups (broad SMARTS) is 1. The summed E-state index contributed by atoms with van der Waals surface area (Å²) < 4.78 is 10.9. The van der Waals surface area contributed by atoms with Crippen LogP contribution in [0.5, 0.6) is 5.75 Å². The second kappa shape index (κ2) is 15.8. The van der Waals surface area contributed by atoms with Crippen molar-refractivity contribution in [2.24, 2.45) is 5.92 Å². The normalized spacial score (nSPS) is 20.7. The Morgan fingerprint density at radius 2 is 1.74 bits per heavy atom. The van der Waals surface area contributed by atoms with Crippen molar-refractivity contribution >= 4 is 41.4 Å². The van der Waals surface area contributed by atoms with Crippen LogP contribution in [0.25, 0.3) is 0 Å². The maximum atomic E-state index is 13.8. The van der Waals surface area contributed by atoms with Crippen molar-refractivity contribution in [3.63, 3.8) is 0 Å². The molecule has 2 aromatic carbocycles. The molecule has 3 saturated heterocycles. The molecular weight excluding hydrogens is 692 g/mol. The summed E-state index contributed by atoms with van der Waals surface area (Å²) in [5.41, 5.74) is 2.40. The fourth-order valence-corrected chi connectivity index (χ4v) is 7.29. The fraction of sp³-hybridized carbons (Fsp3) is 0.450. The number of benzene rings is 2. The van der Waals surface area contributed by atoms with Crippen molar-refractivity contribution in [2.45, 2.75) is 64.1 Å². The van der Waals surface area contributed by atoms with Gasteiger partial charge in [-0.1, -0.05) is 24.3 Å². The Morgan fingerprint density at radius 3 is 2.43 bits per heavy atom. The zero-order chi connectivity index (χ0) is 38.7. The fourth-order valence-electron chi connectivity index (χ4n) is 7.29. The molecule has 4 heterocycles. The highest BCUT2D eigenvalue weighted by Crippen LogP contribution is 2.35. The summed E-state index contributed by atoms with van der Waals surface area (Å²) in [6.45, 7) is 7.86. The lowest BCUT2D eigenvalue weighted by molar-refractivity contribution is -0.166. The van der Waals surface area contributed by atoms with Crippen molar-refractivity contribution in [3.8, 4) is 5.75 Å². The molecule has 0 bridgehead atoms. The van der Waals surface area contributed by atoms with E-state index >= 15 is 0 Å². The van der Waals surface area contributed by atoms with Crippen LogP contribution < -0.4 is 14.5 Å². The molecule has 1 aromatic heterocycles. The van der Waals surface area contributed by atoms with Crippen LogP contribution in [0.3, 0.4) is 0 Å². The van der Waals surface area contributed by atoms with Gasteiger partial charge in [-0.25, -0.2) is 24.3 Å². The third-order valence-corrected chi connectivity index (χ3v) is 10.1. The van der Waals surface area contributed by atoms with Gasteiger partial charge in [0.15, 0.2) is 6.04 Å². The number of carboxylic acids is 1. The summed E-state index contributed by atoms with van der Waals surface area (Å²) in [5.74, 6) is -1.90. The first-order valence-corrected chi connectivity index (χ1v) is 18.2. The minimum atomic E-state index is -1.35. The molecule has 14 nitrogen and oxygen atoms in total. The molecule has 3 aliphatic rings. The molecule has 3 fully saturated rings. The van der Waals surface area contributed by atoms with E-state index in [0.717, 1.165) is 34.7 Å². The van der Waals surface area contributed by atoms with Gasteiger partial charge in [0.25, 0.3) is 0 Å². The first kappa shape index (κ1) is 38.2. The largest absolute Gasteiger partial charge is 0.497 e. The summed E-state index contributed by atoms with van der Waals surface area (Å²) in [6.07, 6.45) is 2.40. The van der Waals surface area contributed by atoms with Crippen LogP contribution in [0.1, 0.15) is 56.2 Å². The van der Waals surface area contributed by atoms with Gasteiger partial charge < -0.3 is 24.4 Å². The smallest absolute Gasteiger partial charge is 0.416 e. The van der Waals surface area contributed by atoms with Crippen LogP contribution in [0.15, 0.2) is 66.9 Å². The average molecular weight is 741 g/mol. The number of pyridine rings is 1. The van der Waals surface area contributed by atoms with Crippen molar-refractivity contribution < 1.29 is 38.6 Å². The summed E-state index contributed by atoms with van der Waals surface area (Å²) in [6, 6.07) is 16.4. The molecule has 5 amide bonds. The van der Waals surface area contributed by atoms with Gasteiger partial charge in [0, 0.05) is 44.0 Å². The summed E-state index contributed by atoms with van der Waals surface area (Å²) in [5, 5.41) is 10.3. The van der Waals surface area contributed by atoms with Gasteiger partial charge in [0.1, 0.15) is 17.2 Å². The minimum absolute atomic E-state index is 0.0280. The standard InChI is InChI=1S/C40H48N6O8/c1-40(2,3)54-39(52)45(23-26-11-13-31(53-5)14-12-26)33-21-27(15-16-41-33)20-32-35(37(49)50)46(36(32)48)38(51)43-17-7-9-29(24-43)28-8-6-10-30(22-28)44-19-18-42(4)25-34(44)47/h6,8,10-16,21-22,29,32,35H,7,9,17-20,23-25H2,1-5H3,(H,49,50)/t29?,32-,35+/m1/s1. The molecule has 286 valence electrons. The molecule has 3 aromatic rings. The number of urea groups is 1. The number of imide groups is 1. The number of β-lactam (4-membered cyclic amide) rings is 1. The Balaban J connectivity index is 1.15. The molecule has 1 N–H and O–H groups in total. The Bertz CT molecular complexity index is 1900. The van der Waals surface area contributed by atoms with Crippen molar-refractivity contribution in [2.75, 3.05) is 56.7 Å². The Morgan fingerprint density at radius 1 is 0.981 bits per heavy atom. The van der Waals surface area contributed by atoms with Gasteiger partial charge in [0.05, 0.1) is 26.1 Å². The number of likely N-dealkylation sites (N-methyl/N-ethyl adjacent to an activating group) is 1. The van der Waals surface area contributed by atoms with E-state index in [-0.39, 0.29) is 30.6 Å². The predicted molar refractivity (Wildman–Crippen MR) is 200 cm³/mol. The molecular formula is C40H48N6O8. The monoisotopic (exact) mass is 740 g/mol. The van der Waals surface area contributed by atoms with Crippen LogP contribution in [0.4, 0.5) is 21.1 Å². The van der Waals surface area contributed by atoms with Crippen LogP contribution >= 0.6 is 0 Å². The number of aliphatic carboxylic acids is 1. The third kappa shape index (κ3) is 8.49. The number of methoxy groups -OCH3 is 1. The molecule has 54 heavy (non-hydrogen) atoms. The van der Waals surface area contributed by atoms with Gasteiger partial charge in [0.2, 0.25) is 11.8 Å². The second-order valence-corrected chi connectivity index (χ2v) is 15.2. The second-order valence-electron chi connectivity index (χ2n) is 15.2. The lowest BCUT2D eigenvalue weighted by atomic mass is 9.82. The van der Waals surface area contributed by atoms with E-state index in [0.29, 0.717) is 43.9 Å². The van der Waals surface area contributed by atoms with Gasteiger partial charge in [-0.05, 0) is 100 Å². The number of hydrogen-bond acceptors (Lipinski definition) is 9. The number of rotatable bonds is 9. The Kier molecular flexibility index (Phi) is 11.2. The zero-order valence-corrected chi connectivity index (χ0v) is 31.4. The van der Waals surface area contributed by atoms with E-state index in [9.17, 15) is 29.1 Å². The number of likely N-dealkylation sites (tertiary alicyclic amines) is 2. The molecule has 14 heteroatoms. The summed E-state index contributed by atoms with van der Waals surface area (Å²) in [4.78, 5) is 78.2. The van der Waals surface area contributed by atoms with Gasteiger partial charge in [-0.15, -0.1) is 0 Å². The highest BCUT2D eigenvalue weighted by molar-refractivity contribution is 6.07. The third-order valence-electron chi connectivity index (χ3n) is 10.1. The highest BCUT2D eigenvalue weighted by Gasteiger charge is 2.55. The number of amides is 5. The van der Waals surface area contributed by atoms with Crippen molar-refractivity contribution in [1.82, 2.24) is 19.7 Å². The Hall–Kier alpha value is -5.50. The van der Waals surface area contributed by atoms with Crippen LogP contribution in [-0.2, 0) is 32.1 Å². The van der Waals surface area contributed by atoms with E-state index in [2.05, 4.69) is 4.98 Å². The zero-order valence-electron chi connectivity index (χ0n) is 31.4. The number of ether oxygens (including phenoxy) is 2. The number of aromatic nitrogens is 1. The molecule has 0 radical (unpaired) electrons. The van der Waals surface area contributed by atoms with Gasteiger partial charge in [-0.3, -0.25) is 19.4 Å². The van der Waals surface area contributed by atoms with Crippen molar-refractivity contribution in [3.05, 3.63) is 83.6 Å². The molecule has 0 saturated carbocycles. The van der Waals surface area contributed by atoms with Crippen LogP contribution in [-0.4, -0.2) is 113 Å². The van der Waals surface area contributed by atoms with E-state index in [1.165, 1.54) is 11.1 Å². The Labute approximate surface area is 315 Å². The summed E-state index contributed by atoms with van der Waals surface area (Å²) >= 11 is 0. The number of carbonyl (C=O) groups is 5. The number of anilines is 2. The molecule has 0 spiro atoms. The van der Waals surface area contributed by atoms with E-state index in [1.807, 2.05) is 48.3 Å². The van der Waals surface area contributed by atoms with E-state index in [4.69, 9.17) is 9.47 Å². The molecule has 3 atom stereocenters. The molecule has 0 aliphatic carbocycles. The first-order chi connectivity index (χ1) is 25.7. The summed E-state index contributed by atoms with van der Waals surface area (Å²) in [7, 11) is 3.49. The quantitative estimate of drug-likeness (QED) is 0.304. The maximum absolute atomic E-state index is 13.8. The predicted octanol–water partition coefficient (Wildman–Crippen LogP) is 4.76. The first-order valence-electron chi connectivity index (χ1n) is 18.2. The lowest BCUT2D eigenvalue weighted by Crippen LogP contribution is -2.69. The lowest BCUT2D eigenvalue weighted by Gasteiger charge is -2.46.